The van der Waals surface area contributed by atoms with E-state index in [0.29, 0.717) is 16.7 Å². The molecule has 3 N–H and O–H groups in total. The smallest absolute Gasteiger partial charge is 0.240 e. The summed E-state index contributed by atoms with van der Waals surface area (Å²) in [7, 11) is -3.39. The minimum Gasteiger partial charge on any atom is -0.398 e. The number of benzene rings is 1. The van der Waals surface area contributed by atoms with Crippen LogP contribution in [0.5, 0.6) is 0 Å². The average Bonchev–Trinajstić information content (AvgIpc) is 2.09. The molecule has 0 aliphatic heterocycles. The lowest BCUT2D eigenvalue weighted by molar-refractivity contribution is 0.584. The van der Waals surface area contributed by atoms with Crippen LogP contribution in [0.4, 0.5) is 5.69 Å². The normalized spacial score (nSPS) is 11.6. The molecule has 1 aromatic carbocycles. The molecule has 14 heavy (non-hydrogen) atoms. The van der Waals surface area contributed by atoms with E-state index in [4.69, 9.17) is 5.73 Å². The van der Waals surface area contributed by atoms with Gasteiger partial charge in [-0.2, -0.15) is 0 Å². The molecule has 0 aromatic heterocycles. The summed E-state index contributed by atoms with van der Waals surface area (Å²) in [5.41, 5.74) is 6.06. The summed E-state index contributed by atoms with van der Waals surface area (Å²) < 4.78 is 26.0. The van der Waals surface area contributed by atoms with Crippen molar-refractivity contribution in [1.29, 1.82) is 0 Å². The zero-order valence-corrected chi connectivity index (χ0v) is 10.0. The van der Waals surface area contributed by atoms with Gasteiger partial charge >= 0.3 is 0 Å². The maximum atomic E-state index is 11.5. The summed E-state index contributed by atoms with van der Waals surface area (Å²) in [5, 5.41) is 0. The molecule has 0 bridgehead atoms. The van der Waals surface area contributed by atoms with Gasteiger partial charge in [0.1, 0.15) is 0 Å². The maximum Gasteiger partial charge on any atom is 0.240 e. The summed E-state index contributed by atoms with van der Waals surface area (Å²) in [6, 6.07) is 4.50. The molecule has 0 heterocycles. The van der Waals surface area contributed by atoms with Crippen molar-refractivity contribution in [2.45, 2.75) is 11.8 Å². The number of nitrogen functional groups attached to an aromatic ring is 1. The standard InChI is InChI=1S/C8H11BrN2O2S/c1-2-11-14(12,13)6-3-4-8(10)7(9)5-6/h3-5,11H,2,10H2,1H3. The number of halogens is 1. The largest absolute Gasteiger partial charge is 0.398 e. The van der Waals surface area contributed by atoms with Gasteiger partial charge in [0.2, 0.25) is 10.0 Å². The predicted octanol–water partition coefficient (Wildman–Crippen LogP) is 1.33. The van der Waals surface area contributed by atoms with Crippen LogP contribution < -0.4 is 10.5 Å². The molecule has 78 valence electrons. The van der Waals surface area contributed by atoms with E-state index < -0.39 is 10.0 Å². The fourth-order valence-electron chi connectivity index (χ4n) is 0.948. The van der Waals surface area contributed by atoms with Crippen molar-refractivity contribution in [3.05, 3.63) is 22.7 Å². The van der Waals surface area contributed by atoms with Crippen molar-refractivity contribution in [2.75, 3.05) is 12.3 Å². The van der Waals surface area contributed by atoms with E-state index in [1.807, 2.05) is 0 Å². The van der Waals surface area contributed by atoms with Gasteiger partial charge < -0.3 is 5.73 Å². The Morgan fingerprint density at radius 1 is 1.50 bits per heavy atom. The SMILES string of the molecule is CCNS(=O)(=O)c1ccc(N)c(Br)c1. The summed E-state index contributed by atoms with van der Waals surface area (Å²) in [4.78, 5) is 0.209. The molecule has 0 atom stereocenters. The van der Waals surface area contributed by atoms with E-state index in [1.165, 1.54) is 12.1 Å². The Labute approximate surface area is 91.7 Å². The van der Waals surface area contributed by atoms with Crippen LogP contribution in [0.2, 0.25) is 0 Å². The van der Waals surface area contributed by atoms with Crippen molar-refractivity contribution in [1.82, 2.24) is 4.72 Å². The predicted molar refractivity (Wildman–Crippen MR) is 59.4 cm³/mol. The maximum absolute atomic E-state index is 11.5. The van der Waals surface area contributed by atoms with Crippen molar-refractivity contribution >= 4 is 31.6 Å². The van der Waals surface area contributed by atoms with Crippen molar-refractivity contribution in [3.63, 3.8) is 0 Å². The summed E-state index contributed by atoms with van der Waals surface area (Å²) in [6.45, 7) is 2.09. The lowest BCUT2D eigenvalue weighted by Gasteiger charge is -2.05. The van der Waals surface area contributed by atoms with E-state index >= 15 is 0 Å². The number of hydrogen-bond acceptors (Lipinski definition) is 3. The average molecular weight is 279 g/mol. The van der Waals surface area contributed by atoms with E-state index in [2.05, 4.69) is 20.7 Å². The second kappa shape index (κ2) is 4.29. The highest BCUT2D eigenvalue weighted by Gasteiger charge is 2.13. The number of nitrogens with one attached hydrogen (secondary N) is 1. The van der Waals surface area contributed by atoms with Gasteiger partial charge in [-0.25, -0.2) is 13.1 Å². The van der Waals surface area contributed by atoms with Gasteiger partial charge in [-0.05, 0) is 34.1 Å². The third-order valence-corrected chi connectivity index (χ3v) is 3.85. The van der Waals surface area contributed by atoms with Gasteiger partial charge in [-0.3, -0.25) is 0 Å². The first-order valence-electron chi connectivity index (χ1n) is 4.02. The Kier molecular flexibility index (Phi) is 3.52. The Balaban J connectivity index is 3.15. The first kappa shape index (κ1) is 11.5. The molecular formula is C8H11BrN2O2S. The highest BCUT2D eigenvalue weighted by molar-refractivity contribution is 9.10. The van der Waals surface area contributed by atoms with Crippen molar-refractivity contribution in [3.8, 4) is 0 Å². The summed E-state index contributed by atoms with van der Waals surface area (Å²) in [6.07, 6.45) is 0. The van der Waals surface area contributed by atoms with Gasteiger partial charge in [-0.1, -0.05) is 6.92 Å². The Bertz CT molecular complexity index is 431. The van der Waals surface area contributed by atoms with Crippen LogP contribution in [0, 0.1) is 0 Å². The first-order chi connectivity index (χ1) is 6.47. The van der Waals surface area contributed by atoms with Crippen LogP contribution in [-0.2, 0) is 10.0 Å². The Hall–Kier alpha value is -0.590. The van der Waals surface area contributed by atoms with Gasteiger partial charge in [0.05, 0.1) is 4.90 Å². The van der Waals surface area contributed by atoms with Crippen LogP contribution in [0.15, 0.2) is 27.6 Å². The first-order valence-corrected chi connectivity index (χ1v) is 6.29. The molecule has 0 aliphatic rings. The van der Waals surface area contributed by atoms with Gasteiger partial charge in [0, 0.05) is 16.7 Å². The molecule has 1 rings (SSSR count). The monoisotopic (exact) mass is 278 g/mol. The zero-order valence-electron chi connectivity index (χ0n) is 7.62. The molecule has 0 saturated heterocycles. The fraction of sp³-hybridized carbons (Fsp3) is 0.250. The molecular weight excluding hydrogens is 268 g/mol. The number of rotatable bonds is 3. The fourth-order valence-corrected chi connectivity index (χ4v) is 2.55. The number of hydrogen-bond donors (Lipinski definition) is 2. The van der Waals surface area contributed by atoms with Crippen LogP contribution >= 0.6 is 15.9 Å². The Morgan fingerprint density at radius 2 is 2.14 bits per heavy atom. The topological polar surface area (TPSA) is 72.2 Å². The molecule has 0 amide bonds. The minimum atomic E-state index is -3.39. The molecule has 0 aliphatic carbocycles. The molecule has 0 saturated carbocycles. The third kappa shape index (κ3) is 2.46. The molecule has 0 spiro atoms. The number of sulfonamides is 1. The quantitative estimate of drug-likeness (QED) is 0.820. The second-order valence-electron chi connectivity index (χ2n) is 2.68. The van der Waals surface area contributed by atoms with Crippen LogP contribution in [0.1, 0.15) is 6.92 Å². The second-order valence-corrected chi connectivity index (χ2v) is 5.31. The van der Waals surface area contributed by atoms with E-state index in [1.54, 1.807) is 13.0 Å². The highest BCUT2D eigenvalue weighted by Crippen LogP contribution is 2.22. The molecule has 0 fully saturated rings. The lowest BCUT2D eigenvalue weighted by Crippen LogP contribution is -2.23. The Morgan fingerprint density at radius 3 is 2.64 bits per heavy atom. The van der Waals surface area contributed by atoms with Crippen LogP contribution in [-0.4, -0.2) is 15.0 Å². The van der Waals surface area contributed by atoms with Gasteiger partial charge in [0.15, 0.2) is 0 Å². The number of nitrogens with two attached hydrogens (primary N) is 1. The summed E-state index contributed by atoms with van der Waals surface area (Å²) >= 11 is 3.17. The zero-order chi connectivity index (χ0) is 10.8. The minimum absolute atomic E-state index is 0.209. The lowest BCUT2D eigenvalue weighted by atomic mass is 10.3. The highest BCUT2D eigenvalue weighted by atomic mass is 79.9. The van der Waals surface area contributed by atoms with Gasteiger partial charge in [-0.15, -0.1) is 0 Å². The molecule has 6 heteroatoms. The number of anilines is 1. The van der Waals surface area contributed by atoms with E-state index in [9.17, 15) is 8.42 Å². The summed E-state index contributed by atoms with van der Waals surface area (Å²) in [5.74, 6) is 0. The molecule has 0 unspecified atom stereocenters. The van der Waals surface area contributed by atoms with E-state index in [0.717, 1.165) is 0 Å². The third-order valence-electron chi connectivity index (χ3n) is 1.62. The molecule has 0 radical (unpaired) electrons. The molecule has 1 aromatic rings. The molecule has 4 nitrogen and oxygen atoms in total. The van der Waals surface area contributed by atoms with Crippen LogP contribution in [0.3, 0.4) is 0 Å². The van der Waals surface area contributed by atoms with E-state index in [-0.39, 0.29) is 4.90 Å². The van der Waals surface area contributed by atoms with Gasteiger partial charge in [0.25, 0.3) is 0 Å². The van der Waals surface area contributed by atoms with Crippen molar-refractivity contribution in [2.24, 2.45) is 0 Å². The van der Waals surface area contributed by atoms with Crippen LogP contribution in [0.25, 0.3) is 0 Å². The van der Waals surface area contributed by atoms with Crippen molar-refractivity contribution < 1.29 is 8.42 Å².